The zero-order valence-electron chi connectivity index (χ0n) is 4.34. The smallest absolute Gasteiger partial charge is 0.207 e. The first-order valence-electron chi connectivity index (χ1n) is 1.95. The number of hydrogen-bond acceptors (Lipinski definition) is 2. The van der Waals surface area contributed by atoms with Crippen LogP contribution in [0.4, 0.5) is 0 Å². The van der Waals surface area contributed by atoms with E-state index in [4.69, 9.17) is 0 Å². The lowest BCUT2D eigenvalue weighted by atomic mass is 10.5. The fourth-order valence-electron chi connectivity index (χ4n) is 0.105. The van der Waals surface area contributed by atoms with Crippen LogP contribution < -0.4 is 0 Å². The predicted molar refractivity (Wildman–Crippen MR) is 30.4 cm³/mol. The third kappa shape index (κ3) is 2.28. The Morgan fingerprint density at radius 3 is 2.29 bits per heavy atom. The quantitative estimate of drug-likeness (QED) is 0.379. The summed E-state index contributed by atoms with van der Waals surface area (Å²) in [6, 6.07) is 0. The molecule has 0 bridgehead atoms. The molecule has 0 aliphatic carbocycles. The van der Waals surface area contributed by atoms with Gasteiger partial charge in [-0.1, -0.05) is 4.17 Å². The van der Waals surface area contributed by atoms with Crippen molar-refractivity contribution >= 4 is 12.8 Å². The summed E-state index contributed by atoms with van der Waals surface area (Å²) in [5, 5.41) is 0. The highest BCUT2D eigenvalue weighted by molar-refractivity contribution is 7.51. The van der Waals surface area contributed by atoms with Gasteiger partial charge in [-0.05, 0) is 13.0 Å². The molecule has 0 saturated carbocycles. The van der Waals surface area contributed by atoms with Gasteiger partial charge in [0.2, 0.25) is 5.70 Å². The molecular formula is C4H7NOS. The van der Waals surface area contributed by atoms with Crippen molar-refractivity contribution in [1.29, 1.82) is 0 Å². The maximum absolute atomic E-state index is 10.0. The highest BCUT2D eigenvalue weighted by Gasteiger charge is 1.90. The Kier molecular flexibility index (Phi) is 2.52. The minimum Gasteiger partial charge on any atom is -0.365 e. The predicted octanol–water partition coefficient (Wildman–Crippen LogP) is 1.15. The Bertz CT molecular complexity index is 108. The SMILES string of the molecule is CC=C(C)[N+](=O)[S-]. The molecule has 0 aliphatic heterocycles. The summed E-state index contributed by atoms with van der Waals surface area (Å²) in [5.74, 6) is 0. The van der Waals surface area contributed by atoms with Gasteiger partial charge in [-0.15, -0.1) is 0 Å². The highest BCUT2D eigenvalue weighted by atomic mass is 32.1. The summed E-state index contributed by atoms with van der Waals surface area (Å²) in [5.41, 5.74) is 0.565. The minimum atomic E-state index is 0.417. The first-order chi connectivity index (χ1) is 3.18. The fraction of sp³-hybridized carbons (Fsp3) is 0.500. The molecule has 0 unspecified atom stereocenters. The molecule has 0 saturated heterocycles. The molecule has 0 radical (unpaired) electrons. The van der Waals surface area contributed by atoms with Gasteiger partial charge in [-0.3, -0.25) is 0 Å². The van der Waals surface area contributed by atoms with E-state index < -0.39 is 0 Å². The second-order valence-electron chi connectivity index (χ2n) is 1.19. The van der Waals surface area contributed by atoms with Crippen molar-refractivity contribution in [2.24, 2.45) is 0 Å². The zero-order chi connectivity index (χ0) is 5.86. The van der Waals surface area contributed by atoms with E-state index >= 15 is 0 Å². The molecule has 0 aromatic heterocycles. The van der Waals surface area contributed by atoms with Gasteiger partial charge in [0, 0.05) is 11.8 Å². The van der Waals surface area contributed by atoms with Gasteiger partial charge in [0.05, 0.1) is 0 Å². The first-order valence-corrected chi connectivity index (χ1v) is 2.32. The van der Waals surface area contributed by atoms with E-state index in [1.54, 1.807) is 19.9 Å². The van der Waals surface area contributed by atoms with Crippen LogP contribution in [0.5, 0.6) is 0 Å². The Labute approximate surface area is 48.3 Å². The average Bonchev–Trinajstić information content (AvgIpc) is 1.65. The maximum atomic E-state index is 10.0. The largest absolute Gasteiger partial charge is 0.365 e. The van der Waals surface area contributed by atoms with E-state index in [2.05, 4.69) is 12.8 Å². The number of allylic oxidation sites excluding steroid dienone is 2. The van der Waals surface area contributed by atoms with E-state index in [1.165, 1.54) is 0 Å². The summed E-state index contributed by atoms with van der Waals surface area (Å²) in [6.07, 6.45) is 1.67. The van der Waals surface area contributed by atoms with Crippen LogP contribution in [0.15, 0.2) is 11.8 Å². The summed E-state index contributed by atoms with van der Waals surface area (Å²) in [6.45, 7) is 3.44. The van der Waals surface area contributed by atoms with Gasteiger partial charge in [0.25, 0.3) is 0 Å². The molecule has 2 nitrogen and oxygen atoms in total. The Morgan fingerprint density at radius 2 is 2.29 bits per heavy atom. The van der Waals surface area contributed by atoms with Crippen molar-refractivity contribution in [3.05, 3.63) is 16.7 Å². The fourth-order valence-corrected chi connectivity index (χ4v) is 0.211. The molecule has 0 rings (SSSR count). The van der Waals surface area contributed by atoms with Crippen molar-refractivity contribution in [1.82, 2.24) is 0 Å². The van der Waals surface area contributed by atoms with Crippen LogP contribution in [0.1, 0.15) is 13.8 Å². The van der Waals surface area contributed by atoms with Crippen LogP contribution >= 0.6 is 0 Å². The minimum absolute atomic E-state index is 0.417. The van der Waals surface area contributed by atoms with Crippen molar-refractivity contribution in [2.75, 3.05) is 0 Å². The lowest BCUT2D eigenvalue weighted by Crippen LogP contribution is -1.91. The van der Waals surface area contributed by atoms with Gasteiger partial charge in [-0.2, -0.15) is 0 Å². The van der Waals surface area contributed by atoms with E-state index in [0.717, 1.165) is 0 Å². The van der Waals surface area contributed by atoms with Crippen LogP contribution in [-0.2, 0) is 12.8 Å². The first kappa shape index (κ1) is 6.56. The summed E-state index contributed by atoms with van der Waals surface area (Å²) >= 11 is 4.21. The average molecular weight is 117 g/mol. The van der Waals surface area contributed by atoms with Gasteiger partial charge in [0.15, 0.2) is 0 Å². The number of nitroso groups, excluding NO2 is 1. The lowest BCUT2D eigenvalue weighted by molar-refractivity contribution is -0.307. The van der Waals surface area contributed by atoms with Crippen LogP contribution in [0.3, 0.4) is 0 Å². The normalized spacial score (nSPS) is 11.4. The second-order valence-corrected chi connectivity index (χ2v) is 1.52. The van der Waals surface area contributed by atoms with Crippen molar-refractivity contribution < 1.29 is 4.17 Å². The monoisotopic (exact) mass is 117 g/mol. The Morgan fingerprint density at radius 1 is 1.86 bits per heavy atom. The van der Waals surface area contributed by atoms with E-state index in [0.29, 0.717) is 9.86 Å². The number of rotatable bonds is 1. The molecule has 0 aromatic rings. The second kappa shape index (κ2) is 2.69. The van der Waals surface area contributed by atoms with Crippen molar-refractivity contribution in [3.63, 3.8) is 0 Å². The molecule has 7 heavy (non-hydrogen) atoms. The van der Waals surface area contributed by atoms with Crippen molar-refractivity contribution in [3.8, 4) is 0 Å². The van der Waals surface area contributed by atoms with Gasteiger partial charge in [-0.25, -0.2) is 0 Å². The standard InChI is InChI=1S/C4H7NOS/c1-3-4(2)5(6)7/h3H,1-2H3. The summed E-state index contributed by atoms with van der Waals surface area (Å²) < 4.78 is 0.417. The topological polar surface area (TPSA) is 20.1 Å². The Balaban J connectivity index is 3.82. The molecule has 0 spiro atoms. The zero-order valence-corrected chi connectivity index (χ0v) is 5.16. The molecule has 0 heterocycles. The van der Waals surface area contributed by atoms with E-state index in [9.17, 15) is 4.91 Å². The maximum Gasteiger partial charge on any atom is 0.207 e. The molecule has 0 fully saturated rings. The van der Waals surface area contributed by atoms with Crippen molar-refractivity contribution in [2.45, 2.75) is 13.8 Å². The van der Waals surface area contributed by atoms with Crippen LogP contribution in [0.2, 0.25) is 0 Å². The molecule has 0 aliphatic rings. The molecule has 40 valence electrons. The van der Waals surface area contributed by atoms with Gasteiger partial charge in [0.1, 0.15) is 0 Å². The van der Waals surface area contributed by atoms with Gasteiger partial charge < -0.3 is 12.8 Å². The van der Waals surface area contributed by atoms with Crippen LogP contribution in [0, 0.1) is 4.91 Å². The third-order valence-electron chi connectivity index (χ3n) is 0.706. The van der Waals surface area contributed by atoms with E-state index in [1.807, 2.05) is 0 Å². The highest BCUT2D eigenvalue weighted by Crippen LogP contribution is 1.88. The molecule has 0 atom stereocenters. The van der Waals surface area contributed by atoms with Crippen LogP contribution in [-0.4, -0.2) is 4.17 Å². The molecular weight excluding hydrogens is 110 g/mol. The molecule has 3 heteroatoms. The summed E-state index contributed by atoms with van der Waals surface area (Å²) in [7, 11) is 0. The lowest BCUT2D eigenvalue weighted by Gasteiger charge is -1.86. The Hall–Kier alpha value is -0.440. The summed E-state index contributed by atoms with van der Waals surface area (Å²) in [4.78, 5) is 10.0. The number of hydrogen-bond donors (Lipinski definition) is 0. The number of nitrogens with zero attached hydrogens (tertiary/aromatic N) is 1. The van der Waals surface area contributed by atoms with Gasteiger partial charge >= 0.3 is 0 Å². The third-order valence-corrected chi connectivity index (χ3v) is 0.994. The van der Waals surface area contributed by atoms with E-state index in [-0.39, 0.29) is 0 Å². The molecule has 0 amide bonds. The molecule has 0 N–H and O–H groups in total. The van der Waals surface area contributed by atoms with Crippen LogP contribution in [0.25, 0.3) is 0 Å². The molecule has 0 aromatic carbocycles.